The maximum atomic E-state index is 11.9. The van der Waals surface area contributed by atoms with E-state index < -0.39 is 11.9 Å². The number of urea groups is 1. The van der Waals surface area contributed by atoms with Crippen LogP contribution in [-0.4, -0.2) is 47.0 Å². The normalized spacial score (nSPS) is 15.3. The molecule has 1 aliphatic heterocycles. The molecule has 0 bridgehead atoms. The highest BCUT2D eigenvalue weighted by molar-refractivity contribution is 7.16. The Morgan fingerprint density at radius 2 is 2.22 bits per heavy atom. The molecule has 1 N–H and O–H groups in total. The average molecular weight is 289 g/mol. The van der Waals surface area contributed by atoms with Gasteiger partial charge >= 0.3 is 12.0 Å². The van der Waals surface area contributed by atoms with Gasteiger partial charge in [0.25, 0.3) is 0 Å². The second kappa shape index (κ2) is 5.16. The monoisotopic (exact) mass is 288 g/mol. The van der Waals surface area contributed by atoms with Crippen LogP contribution in [0.1, 0.15) is 4.88 Å². The predicted molar refractivity (Wildman–Crippen MR) is 68.9 cm³/mol. The van der Waals surface area contributed by atoms with Gasteiger partial charge in [-0.1, -0.05) is 11.6 Å². The summed E-state index contributed by atoms with van der Waals surface area (Å²) in [5, 5.41) is 8.74. The first kappa shape index (κ1) is 13.2. The molecule has 2 rings (SSSR count). The fourth-order valence-electron chi connectivity index (χ4n) is 1.77. The summed E-state index contributed by atoms with van der Waals surface area (Å²) in [5.41, 5.74) is 0. The van der Waals surface area contributed by atoms with Crippen LogP contribution in [0.25, 0.3) is 0 Å². The molecule has 0 aliphatic carbocycles. The summed E-state index contributed by atoms with van der Waals surface area (Å²) in [6.07, 6.45) is 0. The van der Waals surface area contributed by atoms with Crippen LogP contribution in [0.2, 0.25) is 4.34 Å². The number of carbonyl (C=O) groups excluding carboxylic acids is 1. The fraction of sp³-hybridized carbons (Fsp3) is 0.455. The summed E-state index contributed by atoms with van der Waals surface area (Å²) in [7, 11) is 1.70. The van der Waals surface area contributed by atoms with Crippen LogP contribution in [0.15, 0.2) is 12.1 Å². The second-order valence-electron chi connectivity index (χ2n) is 4.28. The van der Waals surface area contributed by atoms with Gasteiger partial charge in [-0.3, -0.25) is 4.79 Å². The maximum absolute atomic E-state index is 11.9. The summed E-state index contributed by atoms with van der Waals surface area (Å²) in [6.45, 7) is 1.08. The lowest BCUT2D eigenvalue weighted by Gasteiger charge is -2.38. The second-order valence-corrected chi connectivity index (χ2v) is 6.08. The molecular weight excluding hydrogens is 276 g/mol. The Balaban J connectivity index is 1.85. The molecule has 2 heterocycles. The highest BCUT2D eigenvalue weighted by Gasteiger charge is 2.36. The van der Waals surface area contributed by atoms with Crippen LogP contribution in [0.5, 0.6) is 0 Å². The molecule has 1 aromatic heterocycles. The SMILES string of the molecule is CN(Cc1ccc(Cl)s1)C(=O)N1CC(C(=O)O)C1. The van der Waals surface area contributed by atoms with Crippen molar-refractivity contribution in [3.8, 4) is 0 Å². The number of thiophene rings is 1. The standard InChI is InChI=1S/C11H13ClN2O3S/c1-13(6-8-2-3-9(12)18-8)11(17)14-4-7(5-14)10(15)16/h2-3,7H,4-6H2,1H3,(H,15,16). The van der Waals surface area contributed by atoms with Crippen molar-refractivity contribution in [2.75, 3.05) is 20.1 Å². The smallest absolute Gasteiger partial charge is 0.320 e. The van der Waals surface area contributed by atoms with E-state index in [1.54, 1.807) is 18.0 Å². The highest BCUT2D eigenvalue weighted by Crippen LogP contribution is 2.23. The molecule has 1 fully saturated rings. The van der Waals surface area contributed by atoms with E-state index in [1.807, 2.05) is 6.07 Å². The molecule has 1 aliphatic rings. The van der Waals surface area contributed by atoms with Crippen molar-refractivity contribution in [3.63, 3.8) is 0 Å². The van der Waals surface area contributed by atoms with Gasteiger partial charge in [0, 0.05) is 25.0 Å². The Kier molecular flexibility index (Phi) is 3.77. The maximum Gasteiger partial charge on any atom is 0.320 e. The number of rotatable bonds is 3. The van der Waals surface area contributed by atoms with E-state index in [2.05, 4.69) is 0 Å². The topological polar surface area (TPSA) is 60.9 Å². The van der Waals surface area contributed by atoms with Crippen LogP contribution in [0.3, 0.4) is 0 Å². The van der Waals surface area contributed by atoms with E-state index in [4.69, 9.17) is 16.7 Å². The van der Waals surface area contributed by atoms with Crippen molar-refractivity contribution in [1.82, 2.24) is 9.80 Å². The number of likely N-dealkylation sites (tertiary alicyclic amines) is 1. The van der Waals surface area contributed by atoms with E-state index >= 15 is 0 Å². The number of carboxylic acids is 1. The number of nitrogens with zero attached hydrogens (tertiary/aromatic N) is 2. The van der Waals surface area contributed by atoms with Gasteiger partial charge in [-0.2, -0.15) is 0 Å². The molecule has 0 saturated carbocycles. The minimum absolute atomic E-state index is 0.142. The number of amides is 2. The molecule has 18 heavy (non-hydrogen) atoms. The summed E-state index contributed by atoms with van der Waals surface area (Å²) >= 11 is 7.25. The number of hydrogen-bond acceptors (Lipinski definition) is 3. The lowest BCUT2D eigenvalue weighted by molar-refractivity contribution is -0.146. The molecule has 7 heteroatoms. The van der Waals surface area contributed by atoms with Gasteiger partial charge in [0.05, 0.1) is 16.8 Å². The Morgan fingerprint density at radius 1 is 1.56 bits per heavy atom. The first-order valence-corrected chi connectivity index (χ1v) is 6.64. The molecule has 98 valence electrons. The molecule has 0 radical (unpaired) electrons. The van der Waals surface area contributed by atoms with Crippen molar-refractivity contribution >= 4 is 34.9 Å². The Bertz CT molecular complexity index is 471. The summed E-state index contributed by atoms with van der Waals surface area (Å²) in [5.74, 6) is -1.26. The average Bonchev–Trinajstić information content (AvgIpc) is 2.60. The van der Waals surface area contributed by atoms with Gasteiger partial charge in [-0.05, 0) is 12.1 Å². The lowest BCUT2D eigenvalue weighted by Crippen LogP contribution is -2.56. The van der Waals surface area contributed by atoms with Gasteiger partial charge < -0.3 is 14.9 Å². The summed E-state index contributed by atoms with van der Waals surface area (Å²) in [4.78, 5) is 26.7. The van der Waals surface area contributed by atoms with Crippen molar-refractivity contribution in [3.05, 3.63) is 21.3 Å². The summed E-state index contributed by atoms with van der Waals surface area (Å²) in [6, 6.07) is 3.54. The van der Waals surface area contributed by atoms with E-state index in [1.165, 1.54) is 16.2 Å². The molecule has 1 aromatic rings. The third kappa shape index (κ3) is 2.76. The van der Waals surface area contributed by atoms with Crippen LogP contribution >= 0.6 is 22.9 Å². The zero-order valence-corrected chi connectivity index (χ0v) is 11.4. The lowest BCUT2D eigenvalue weighted by atomic mass is 10.0. The summed E-state index contributed by atoms with van der Waals surface area (Å²) < 4.78 is 0.695. The van der Waals surface area contributed by atoms with Gasteiger partial charge in [-0.25, -0.2) is 4.79 Å². The van der Waals surface area contributed by atoms with Crippen LogP contribution in [0, 0.1) is 5.92 Å². The van der Waals surface area contributed by atoms with Gasteiger partial charge in [-0.15, -0.1) is 11.3 Å². The Labute approximate surface area is 114 Å². The number of carbonyl (C=O) groups is 2. The molecule has 1 saturated heterocycles. The Hall–Kier alpha value is -1.27. The van der Waals surface area contributed by atoms with Gasteiger partial charge in [0.2, 0.25) is 0 Å². The first-order chi connectivity index (χ1) is 8.47. The van der Waals surface area contributed by atoms with E-state index in [-0.39, 0.29) is 6.03 Å². The zero-order chi connectivity index (χ0) is 13.3. The first-order valence-electron chi connectivity index (χ1n) is 5.44. The van der Waals surface area contributed by atoms with Crippen molar-refractivity contribution < 1.29 is 14.7 Å². The molecular formula is C11H13ClN2O3S. The number of carboxylic acid groups (broad SMARTS) is 1. The molecule has 0 atom stereocenters. The molecule has 2 amide bonds. The number of aliphatic carboxylic acids is 1. The van der Waals surface area contributed by atoms with E-state index in [0.717, 1.165) is 4.88 Å². The Morgan fingerprint density at radius 3 is 2.72 bits per heavy atom. The van der Waals surface area contributed by atoms with Gasteiger partial charge in [0.15, 0.2) is 0 Å². The highest BCUT2D eigenvalue weighted by atomic mass is 35.5. The zero-order valence-electron chi connectivity index (χ0n) is 9.80. The molecule has 0 unspecified atom stereocenters. The largest absolute Gasteiger partial charge is 0.481 e. The van der Waals surface area contributed by atoms with Crippen molar-refractivity contribution in [1.29, 1.82) is 0 Å². The fourth-order valence-corrected chi connectivity index (χ4v) is 2.91. The molecule has 0 aromatic carbocycles. The van der Waals surface area contributed by atoms with Crippen LogP contribution in [-0.2, 0) is 11.3 Å². The minimum Gasteiger partial charge on any atom is -0.481 e. The van der Waals surface area contributed by atoms with Crippen LogP contribution in [0.4, 0.5) is 4.79 Å². The number of hydrogen-bond donors (Lipinski definition) is 1. The van der Waals surface area contributed by atoms with E-state index in [0.29, 0.717) is 24.0 Å². The van der Waals surface area contributed by atoms with Crippen LogP contribution < -0.4 is 0 Å². The van der Waals surface area contributed by atoms with Crippen molar-refractivity contribution in [2.24, 2.45) is 5.92 Å². The third-order valence-electron chi connectivity index (χ3n) is 2.85. The predicted octanol–water partition coefficient (Wildman–Crippen LogP) is 1.97. The van der Waals surface area contributed by atoms with Gasteiger partial charge in [0.1, 0.15) is 0 Å². The third-order valence-corrected chi connectivity index (χ3v) is 4.07. The number of halogens is 1. The van der Waals surface area contributed by atoms with Crippen molar-refractivity contribution in [2.45, 2.75) is 6.54 Å². The minimum atomic E-state index is -0.841. The quantitative estimate of drug-likeness (QED) is 0.925. The molecule has 0 spiro atoms. The molecule has 5 nitrogen and oxygen atoms in total. The van der Waals surface area contributed by atoms with E-state index in [9.17, 15) is 9.59 Å².